The van der Waals surface area contributed by atoms with Crippen molar-refractivity contribution < 1.29 is 9.90 Å². The van der Waals surface area contributed by atoms with E-state index in [0.717, 1.165) is 10.2 Å². The third kappa shape index (κ3) is 2.85. The normalized spacial score (nSPS) is 11.2. The topological polar surface area (TPSA) is 111 Å². The van der Waals surface area contributed by atoms with Crippen LogP contribution >= 0.6 is 11.3 Å². The molecule has 0 saturated carbocycles. The fourth-order valence-corrected chi connectivity index (χ4v) is 3.54. The summed E-state index contributed by atoms with van der Waals surface area (Å²) in [6, 6.07) is 9.22. The summed E-state index contributed by atoms with van der Waals surface area (Å²) in [4.78, 5) is 28.2. The highest BCUT2D eigenvalue weighted by atomic mass is 32.1. The molecule has 8 nitrogen and oxygen atoms in total. The van der Waals surface area contributed by atoms with Gasteiger partial charge >= 0.3 is 5.97 Å². The second-order valence-electron chi connectivity index (χ2n) is 5.35. The molecular weight excluding hydrogens is 342 g/mol. The molecule has 0 bridgehead atoms. The lowest BCUT2D eigenvalue weighted by atomic mass is 10.2. The number of hydrogen-bond donors (Lipinski definition) is 1. The molecule has 0 amide bonds. The van der Waals surface area contributed by atoms with Crippen molar-refractivity contribution in [1.29, 1.82) is 0 Å². The summed E-state index contributed by atoms with van der Waals surface area (Å²) in [5, 5.41) is 22.0. The maximum atomic E-state index is 12.6. The number of rotatable bonds is 4. The Balaban J connectivity index is 1.84. The first-order valence-corrected chi connectivity index (χ1v) is 8.21. The summed E-state index contributed by atoms with van der Waals surface area (Å²) in [5.41, 5.74) is 0.811. The molecule has 0 fully saturated rings. The number of para-hydroxylation sites is 1. The van der Waals surface area contributed by atoms with Gasteiger partial charge in [0.15, 0.2) is 5.52 Å². The number of hydrogen-bond acceptors (Lipinski definition) is 7. The van der Waals surface area contributed by atoms with E-state index in [4.69, 9.17) is 5.11 Å². The Labute approximate surface area is 144 Å². The zero-order chi connectivity index (χ0) is 17.4. The van der Waals surface area contributed by atoms with Crippen molar-refractivity contribution in [3.8, 4) is 0 Å². The average molecular weight is 353 g/mol. The van der Waals surface area contributed by atoms with Gasteiger partial charge in [0.05, 0.1) is 35.1 Å². The molecule has 4 aromatic rings. The van der Waals surface area contributed by atoms with Gasteiger partial charge in [-0.05, 0) is 18.2 Å². The van der Waals surface area contributed by atoms with Crippen molar-refractivity contribution in [3.63, 3.8) is 0 Å². The minimum atomic E-state index is -1.03. The monoisotopic (exact) mass is 353 g/mol. The summed E-state index contributed by atoms with van der Waals surface area (Å²) in [6.07, 6.45) is 1.11. The van der Waals surface area contributed by atoms with Crippen LogP contribution in [-0.2, 0) is 17.8 Å². The average Bonchev–Trinajstić information content (AvgIpc) is 3.01. The fourth-order valence-electron chi connectivity index (χ4n) is 2.59. The molecule has 0 saturated heterocycles. The summed E-state index contributed by atoms with van der Waals surface area (Å²) >= 11 is 1.46. The van der Waals surface area contributed by atoms with E-state index in [1.807, 2.05) is 24.3 Å². The molecule has 3 aromatic heterocycles. The molecule has 0 unspecified atom stereocenters. The smallest absolute Gasteiger partial charge is 0.309 e. The van der Waals surface area contributed by atoms with E-state index < -0.39 is 11.5 Å². The molecule has 25 heavy (non-hydrogen) atoms. The number of aromatic nitrogens is 5. The lowest BCUT2D eigenvalue weighted by Crippen LogP contribution is -2.26. The van der Waals surface area contributed by atoms with Gasteiger partial charge in [-0.25, -0.2) is 9.67 Å². The molecule has 0 aliphatic rings. The van der Waals surface area contributed by atoms with E-state index in [1.54, 1.807) is 6.07 Å². The zero-order valence-corrected chi connectivity index (χ0v) is 13.6. The van der Waals surface area contributed by atoms with Crippen LogP contribution in [0.4, 0.5) is 0 Å². The van der Waals surface area contributed by atoms with Gasteiger partial charge in [0.1, 0.15) is 5.01 Å². The minimum Gasteiger partial charge on any atom is -0.481 e. The van der Waals surface area contributed by atoms with Gasteiger partial charge in [-0.15, -0.1) is 16.4 Å². The molecule has 0 aliphatic carbocycles. The number of nitrogens with zero attached hydrogens (tertiary/aromatic N) is 5. The number of thiazole rings is 1. The van der Waals surface area contributed by atoms with Gasteiger partial charge in [-0.3, -0.25) is 9.59 Å². The van der Waals surface area contributed by atoms with Crippen LogP contribution in [0.3, 0.4) is 0 Å². The second-order valence-corrected chi connectivity index (χ2v) is 6.46. The van der Waals surface area contributed by atoms with Gasteiger partial charge in [0.2, 0.25) is 0 Å². The molecule has 4 rings (SSSR count). The van der Waals surface area contributed by atoms with Crippen LogP contribution in [0.2, 0.25) is 0 Å². The lowest BCUT2D eigenvalue weighted by Gasteiger charge is -2.07. The maximum absolute atomic E-state index is 12.6. The number of benzene rings is 1. The number of carboxylic acids is 1. The summed E-state index contributed by atoms with van der Waals surface area (Å²) in [6.45, 7) is 0.150. The van der Waals surface area contributed by atoms with E-state index in [1.165, 1.54) is 22.2 Å². The van der Waals surface area contributed by atoms with Gasteiger partial charge in [0, 0.05) is 5.39 Å². The molecule has 0 spiro atoms. The van der Waals surface area contributed by atoms with Crippen molar-refractivity contribution >= 4 is 38.4 Å². The van der Waals surface area contributed by atoms with E-state index in [9.17, 15) is 9.59 Å². The molecule has 3 heterocycles. The van der Waals surface area contributed by atoms with Crippen molar-refractivity contribution in [1.82, 2.24) is 25.0 Å². The summed E-state index contributed by atoms with van der Waals surface area (Å²) in [5.74, 6) is -1.03. The SMILES string of the molecule is O=C(O)Cc1nn(Cc2nc3ccccc3s2)c(=O)c2nnccc12. The Morgan fingerprint density at radius 2 is 2.08 bits per heavy atom. The van der Waals surface area contributed by atoms with Crippen molar-refractivity contribution in [3.05, 3.63) is 57.6 Å². The van der Waals surface area contributed by atoms with Crippen LogP contribution < -0.4 is 5.56 Å². The van der Waals surface area contributed by atoms with E-state index in [-0.39, 0.29) is 24.2 Å². The van der Waals surface area contributed by atoms with Crippen LogP contribution in [0.25, 0.3) is 21.1 Å². The van der Waals surface area contributed by atoms with Crippen LogP contribution in [0.5, 0.6) is 0 Å². The van der Waals surface area contributed by atoms with E-state index in [0.29, 0.717) is 10.4 Å². The highest BCUT2D eigenvalue weighted by Crippen LogP contribution is 2.22. The fraction of sp³-hybridized carbons (Fsp3) is 0.125. The molecule has 0 atom stereocenters. The molecule has 0 radical (unpaired) electrons. The summed E-state index contributed by atoms with van der Waals surface area (Å²) in [7, 11) is 0. The Morgan fingerprint density at radius 1 is 1.24 bits per heavy atom. The Morgan fingerprint density at radius 3 is 2.88 bits per heavy atom. The third-order valence-corrected chi connectivity index (χ3v) is 4.67. The van der Waals surface area contributed by atoms with Gasteiger partial charge in [0.25, 0.3) is 5.56 Å². The Kier molecular flexibility index (Phi) is 3.69. The number of fused-ring (bicyclic) bond motifs is 2. The van der Waals surface area contributed by atoms with Crippen LogP contribution in [0.1, 0.15) is 10.7 Å². The molecule has 9 heteroatoms. The first-order valence-electron chi connectivity index (χ1n) is 7.39. The van der Waals surface area contributed by atoms with Crippen molar-refractivity contribution in [2.24, 2.45) is 0 Å². The van der Waals surface area contributed by atoms with Crippen molar-refractivity contribution in [2.75, 3.05) is 0 Å². The highest BCUT2D eigenvalue weighted by molar-refractivity contribution is 7.18. The number of aliphatic carboxylic acids is 1. The molecular formula is C16H11N5O3S. The highest BCUT2D eigenvalue weighted by Gasteiger charge is 2.15. The molecule has 124 valence electrons. The van der Waals surface area contributed by atoms with Gasteiger partial charge < -0.3 is 5.11 Å². The summed E-state index contributed by atoms with van der Waals surface area (Å²) < 4.78 is 2.21. The van der Waals surface area contributed by atoms with E-state index >= 15 is 0 Å². The lowest BCUT2D eigenvalue weighted by molar-refractivity contribution is -0.136. The molecule has 0 aliphatic heterocycles. The third-order valence-electron chi connectivity index (χ3n) is 3.65. The first-order chi connectivity index (χ1) is 12.1. The Hall–Kier alpha value is -3.20. The zero-order valence-electron chi connectivity index (χ0n) is 12.8. The largest absolute Gasteiger partial charge is 0.481 e. The number of carboxylic acid groups (broad SMARTS) is 1. The van der Waals surface area contributed by atoms with E-state index in [2.05, 4.69) is 20.3 Å². The predicted molar refractivity (Wildman–Crippen MR) is 91.7 cm³/mol. The quantitative estimate of drug-likeness (QED) is 0.591. The maximum Gasteiger partial charge on any atom is 0.309 e. The number of carbonyl (C=O) groups is 1. The van der Waals surface area contributed by atoms with Crippen LogP contribution in [-0.4, -0.2) is 36.0 Å². The Bertz CT molecular complexity index is 1130. The van der Waals surface area contributed by atoms with Gasteiger partial charge in [-0.1, -0.05) is 12.1 Å². The van der Waals surface area contributed by atoms with Crippen LogP contribution in [0.15, 0.2) is 41.3 Å². The first kappa shape index (κ1) is 15.3. The van der Waals surface area contributed by atoms with Crippen LogP contribution in [0, 0.1) is 0 Å². The predicted octanol–water partition coefficient (Wildman–Crippen LogP) is 1.47. The standard InChI is InChI=1S/C16H11N5O3S/c22-14(23)7-11-9-5-6-17-19-15(9)16(24)21(20-11)8-13-18-10-3-1-2-4-12(10)25-13/h1-6H,7-8H2,(H,22,23). The van der Waals surface area contributed by atoms with Crippen molar-refractivity contribution in [2.45, 2.75) is 13.0 Å². The molecule has 1 aromatic carbocycles. The van der Waals surface area contributed by atoms with Gasteiger partial charge in [-0.2, -0.15) is 10.2 Å². The molecule has 1 N–H and O–H groups in total. The second kappa shape index (κ2) is 6.02. The minimum absolute atomic E-state index is 0.106.